The fourth-order valence-corrected chi connectivity index (χ4v) is 10.5. The molecule has 1 N–H and O–H groups in total. The maximum atomic E-state index is 15.1. The van der Waals surface area contributed by atoms with Crippen molar-refractivity contribution in [3.8, 4) is 17.0 Å². The van der Waals surface area contributed by atoms with Crippen LogP contribution < -0.4 is 9.46 Å². The number of nitrogens with one attached hydrogen (secondary N) is 1. The van der Waals surface area contributed by atoms with Crippen LogP contribution in [0.15, 0.2) is 66.7 Å². The van der Waals surface area contributed by atoms with E-state index >= 15 is 4.79 Å². The summed E-state index contributed by atoms with van der Waals surface area (Å²) >= 11 is 0. The van der Waals surface area contributed by atoms with Gasteiger partial charge < -0.3 is 14.2 Å². The lowest BCUT2D eigenvalue weighted by molar-refractivity contribution is -0.141. The highest BCUT2D eigenvalue weighted by Crippen LogP contribution is 2.66. The quantitative estimate of drug-likeness (QED) is 0.229. The highest BCUT2D eigenvalue weighted by Gasteiger charge is 2.64. The second kappa shape index (κ2) is 13.0. The molecule has 3 aliphatic heterocycles. The molecule has 4 heterocycles. The number of carbonyl (C=O) groups is 2. The molecular weight excluding hydrogens is 687 g/mol. The van der Waals surface area contributed by atoms with E-state index in [1.165, 1.54) is 26.1 Å². The monoisotopic (exact) mass is 735 g/mol. The Balaban J connectivity index is 1.20. The average Bonchev–Trinajstić information content (AvgIpc) is 3.79. The smallest absolute Gasteiger partial charge is 0.303 e. The van der Waals surface area contributed by atoms with Crippen LogP contribution in [0.5, 0.6) is 5.75 Å². The number of amides is 2. The molecule has 0 radical (unpaired) electrons. The predicted octanol–water partition coefficient (Wildman–Crippen LogP) is 6.26. The van der Waals surface area contributed by atoms with Gasteiger partial charge in [0.15, 0.2) is 0 Å². The first-order chi connectivity index (χ1) is 25.5. The maximum absolute atomic E-state index is 15.1. The number of benzene rings is 3. The van der Waals surface area contributed by atoms with Crippen LogP contribution in [-0.2, 0) is 28.2 Å². The Bertz CT molecular complexity index is 2200. The Morgan fingerprint density at radius 2 is 1.66 bits per heavy atom. The fraction of sp³-hybridized carbons (Fsp3) is 0.476. The van der Waals surface area contributed by atoms with Gasteiger partial charge in [0.05, 0.1) is 11.1 Å². The molecule has 3 aromatic carbocycles. The number of likely N-dealkylation sites (tertiary alicyclic amines) is 1. The first kappa shape index (κ1) is 34.6. The molecule has 2 saturated carbocycles. The van der Waals surface area contributed by atoms with Crippen molar-refractivity contribution in [3.63, 3.8) is 0 Å². The third-order valence-corrected chi connectivity index (χ3v) is 14.5. The van der Waals surface area contributed by atoms with Crippen LogP contribution in [0, 0.1) is 5.41 Å². The normalized spacial score (nSPS) is 25.4. The van der Waals surface area contributed by atoms with Crippen molar-refractivity contribution in [3.05, 3.63) is 89.0 Å². The summed E-state index contributed by atoms with van der Waals surface area (Å²) in [7, 11) is 1.01. The second-order valence-electron chi connectivity index (χ2n) is 16.3. The van der Waals surface area contributed by atoms with Gasteiger partial charge in [-0.1, -0.05) is 55.7 Å². The van der Waals surface area contributed by atoms with E-state index in [-0.39, 0.29) is 17.4 Å². The molecule has 0 spiro atoms. The first-order valence-electron chi connectivity index (χ1n) is 19.3. The maximum Gasteiger partial charge on any atom is 0.303 e. The number of nitrogens with zero attached hydrogens (tertiary/aromatic N) is 4. The Labute approximate surface area is 312 Å². The molecule has 2 amide bonds. The van der Waals surface area contributed by atoms with Crippen LogP contribution in [0.3, 0.4) is 0 Å². The summed E-state index contributed by atoms with van der Waals surface area (Å²) in [6.45, 7) is 2.47. The van der Waals surface area contributed by atoms with E-state index in [0.717, 1.165) is 101 Å². The number of ether oxygens (including phenoxy) is 1. The highest BCUT2D eigenvalue weighted by molar-refractivity contribution is 7.87. The SMILES string of the molecule is CN1C2CCC1CN(C(=O)C13CC1c1cc(OCc4ccccc4)ccc1-c1c(C4CCCCC4)c4ccc(C(=O)NS(=O)(=O)N(C)C)cc4n1C3)C2. The van der Waals surface area contributed by atoms with Crippen LogP contribution in [0.1, 0.15) is 90.3 Å². The van der Waals surface area contributed by atoms with E-state index in [1.807, 2.05) is 30.3 Å². The number of aromatic nitrogens is 1. The topological polar surface area (TPSA) is 104 Å². The van der Waals surface area contributed by atoms with Crippen molar-refractivity contribution in [1.29, 1.82) is 0 Å². The summed E-state index contributed by atoms with van der Waals surface area (Å²) in [5.41, 5.74) is 6.33. The lowest BCUT2D eigenvalue weighted by atomic mass is 9.81. The second-order valence-corrected chi connectivity index (χ2v) is 18.2. The highest BCUT2D eigenvalue weighted by atomic mass is 32.2. The van der Waals surface area contributed by atoms with Gasteiger partial charge in [0.1, 0.15) is 12.4 Å². The van der Waals surface area contributed by atoms with Crippen LogP contribution >= 0.6 is 0 Å². The predicted molar refractivity (Wildman–Crippen MR) is 205 cm³/mol. The van der Waals surface area contributed by atoms with Gasteiger partial charge in [-0.15, -0.1) is 0 Å². The number of hydrogen-bond donors (Lipinski definition) is 1. The van der Waals surface area contributed by atoms with E-state index < -0.39 is 21.5 Å². The molecule has 9 rings (SSSR count). The van der Waals surface area contributed by atoms with Crippen LogP contribution in [-0.4, -0.2) is 85.2 Å². The molecule has 2 bridgehead atoms. The number of hydrogen-bond acceptors (Lipinski definition) is 6. The fourth-order valence-electron chi connectivity index (χ4n) is 9.99. The number of rotatable bonds is 8. The Kier molecular flexibility index (Phi) is 8.47. The van der Waals surface area contributed by atoms with Crippen LogP contribution in [0.4, 0.5) is 0 Å². The van der Waals surface area contributed by atoms with Crippen molar-refractivity contribution in [2.75, 3.05) is 34.2 Å². The standard InChI is InChI=1S/C42H49N5O5S/c1-44(2)53(50,51)43-40(48)29-14-18-34-37(20-29)47-26-42(41(49)46-23-30-15-16-31(24-46)45(30)3)22-36(42)35-21-32(52-25-27-10-6-4-7-11-27)17-19-33(35)39(47)38(34)28-12-8-5-9-13-28/h4,6-7,10-11,14,17-21,28,30-31,36H,5,8-9,12-13,15-16,22-26H2,1-3H3,(H,43,48). The average molecular weight is 736 g/mol. The summed E-state index contributed by atoms with van der Waals surface area (Å²) in [5, 5.41) is 1.08. The van der Waals surface area contributed by atoms with E-state index in [9.17, 15) is 13.2 Å². The molecule has 4 unspecified atom stereocenters. The lowest BCUT2D eigenvalue weighted by Gasteiger charge is -2.40. The van der Waals surface area contributed by atoms with Gasteiger partial charge in [-0.05, 0) is 92.1 Å². The molecule has 4 aromatic rings. The van der Waals surface area contributed by atoms with Crippen LogP contribution in [0.25, 0.3) is 22.2 Å². The minimum absolute atomic E-state index is 0.0356. The Morgan fingerprint density at radius 3 is 2.38 bits per heavy atom. The van der Waals surface area contributed by atoms with Crippen LogP contribution in [0.2, 0.25) is 0 Å². The van der Waals surface area contributed by atoms with E-state index in [2.05, 4.69) is 56.5 Å². The summed E-state index contributed by atoms with van der Waals surface area (Å²) in [4.78, 5) is 33.2. The lowest BCUT2D eigenvalue weighted by Crippen LogP contribution is -2.55. The van der Waals surface area contributed by atoms with Crippen molar-refractivity contribution >= 4 is 32.9 Å². The van der Waals surface area contributed by atoms with Crippen molar-refractivity contribution in [2.45, 2.75) is 88.4 Å². The molecule has 4 fully saturated rings. The van der Waals surface area contributed by atoms with Gasteiger partial charge in [-0.3, -0.25) is 14.5 Å². The summed E-state index contributed by atoms with van der Waals surface area (Å²) in [6, 6.07) is 23.0. The zero-order chi connectivity index (χ0) is 36.6. The van der Waals surface area contributed by atoms with Gasteiger partial charge in [0, 0.05) is 73.8 Å². The summed E-state index contributed by atoms with van der Waals surface area (Å²) in [5.74, 6) is 0.728. The molecule has 2 aliphatic carbocycles. The molecule has 11 heteroatoms. The number of piperazine rings is 1. The van der Waals surface area contributed by atoms with Gasteiger partial charge in [0.2, 0.25) is 5.91 Å². The third-order valence-electron chi connectivity index (χ3n) is 13.1. The zero-order valence-corrected chi connectivity index (χ0v) is 31.7. The zero-order valence-electron chi connectivity index (χ0n) is 30.9. The summed E-state index contributed by atoms with van der Waals surface area (Å²) in [6.07, 6.45) is 8.71. The number of likely N-dealkylation sites (N-methyl/N-ethyl adjacent to an activating group) is 1. The van der Waals surface area contributed by atoms with E-state index in [1.54, 1.807) is 6.07 Å². The van der Waals surface area contributed by atoms with Gasteiger partial charge in [-0.25, -0.2) is 4.72 Å². The molecule has 5 aliphatic rings. The molecular formula is C42H49N5O5S. The van der Waals surface area contributed by atoms with E-state index in [4.69, 9.17) is 4.74 Å². The number of carbonyl (C=O) groups excluding carboxylic acids is 2. The van der Waals surface area contributed by atoms with Crippen molar-refractivity contribution < 1.29 is 22.7 Å². The minimum Gasteiger partial charge on any atom is -0.489 e. The first-order valence-corrected chi connectivity index (χ1v) is 20.7. The van der Waals surface area contributed by atoms with Gasteiger partial charge >= 0.3 is 10.2 Å². The van der Waals surface area contributed by atoms with Gasteiger partial charge in [-0.2, -0.15) is 12.7 Å². The van der Waals surface area contributed by atoms with Gasteiger partial charge in [0.25, 0.3) is 5.91 Å². The Morgan fingerprint density at radius 1 is 0.925 bits per heavy atom. The minimum atomic E-state index is -3.98. The third kappa shape index (κ3) is 5.86. The van der Waals surface area contributed by atoms with Crippen molar-refractivity contribution in [2.24, 2.45) is 5.41 Å². The largest absolute Gasteiger partial charge is 0.489 e. The summed E-state index contributed by atoms with van der Waals surface area (Å²) < 4.78 is 37.3. The molecule has 2 saturated heterocycles. The molecule has 4 atom stereocenters. The molecule has 1 aromatic heterocycles. The number of fused-ring (bicyclic) bond motifs is 9. The van der Waals surface area contributed by atoms with Crippen molar-refractivity contribution in [1.82, 2.24) is 23.4 Å². The molecule has 278 valence electrons. The van der Waals surface area contributed by atoms with E-state index in [0.29, 0.717) is 31.2 Å². The molecule has 53 heavy (non-hydrogen) atoms. The Hall–Kier alpha value is -4.19. The molecule has 10 nitrogen and oxygen atoms in total.